The van der Waals surface area contributed by atoms with E-state index in [0.717, 1.165) is 5.56 Å². The number of ether oxygens (including phenoxy) is 1. The van der Waals surface area contributed by atoms with E-state index in [1.807, 2.05) is 30.3 Å². The minimum absolute atomic E-state index is 0.0498. The number of benzene rings is 1. The smallest absolute Gasteiger partial charge is 0.252 e. The number of hydrogen-bond acceptors (Lipinski definition) is 7. The molecule has 0 atom stereocenters. The maximum Gasteiger partial charge on any atom is 0.252 e. The van der Waals surface area contributed by atoms with Crippen LogP contribution < -0.4 is 0 Å². The molecule has 0 spiro atoms. The number of sulfonamides is 1. The van der Waals surface area contributed by atoms with E-state index >= 15 is 0 Å². The maximum atomic E-state index is 12.4. The van der Waals surface area contributed by atoms with Gasteiger partial charge >= 0.3 is 0 Å². The van der Waals surface area contributed by atoms with Gasteiger partial charge in [-0.25, -0.2) is 8.42 Å². The van der Waals surface area contributed by atoms with Gasteiger partial charge in [-0.05, 0) is 17.0 Å². The van der Waals surface area contributed by atoms with E-state index in [9.17, 15) is 8.42 Å². The van der Waals surface area contributed by atoms with Gasteiger partial charge in [0.15, 0.2) is 5.82 Å². The maximum absolute atomic E-state index is 12.4. The van der Waals surface area contributed by atoms with E-state index in [-0.39, 0.29) is 5.92 Å². The third kappa shape index (κ3) is 4.11. The Morgan fingerprint density at radius 3 is 2.74 bits per heavy atom. The molecular weight excluding hydrogens is 386 g/mol. The normalized spacial score (nSPS) is 15.7. The van der Waals surface area contributed by atoms with Crippen molar-refractivity contribution in [3.8, 4) is 0 Å². The van der Waals surface area contributed by atoms with Gasteiger partial charge in [0, 0.05) is 19.5 Å². The van der Waals surface area contributed by atoms with Crippen LogP contribution in [0.5, 0.6) is 0 Å². The fourth-order valence-electron chi connectivity index (χ4n) is 2.79. The highest BCUT2D eigenvalue weighted by Crippen LogP contribution is 2.32. The fourth-order valence-corrected chi connectivity index (χ4v) is 5.47. The first kappa shape index (κ1) is 18.3. The van der Waals surface area contributed by atoms with Gasteiger partial charge in [0.2, 0.25) is 5.89 Å². The standard InChI is InChI=1S/C18H19N3O4S2/c22-27(23,17-7-4-10-26-17)21-11-15(12-21)18-19-16(20-25-18)8-9-24-13-14-5-2-1-3-6-14/h1-7,10,15H,8-9,11-13H2. The van der Waals surface area contributed by atoms with Gasteiger partial charge in [-0.1, -0.05) is 41.6 Å². The van der Waals surface area contributed by atoms with Gasteiger partial charge in [0.25, 0.3) is 10.0 Å². The van der Waals surface area contributed by atoms with E-state index in [0.29, 0.717) is 48.6 Å². The summed E-state index contributed by atoms with van der Waals surface area (Å²) in [6, 6.07) is 13.3. The molecule has 0 N–H and O–H groups in total. The molecule has 1 aromatic carbocycles. The van der Waals surface area contributed by atoms with Crippen molar-refractivity contribution in [3.05, 3.63) is 65.1 Å². The van der Waals surface area contributed by atoms with Crippen LogP contribution >= 0.6 is 11.3 Å². The predicted molar refractivity (Wildman–Crippen MR) is 99.9 cm³/mol. The number of rotatable bonds is 8. The quantitative estimate of drug-likeness (QED) is 0.536. The summed E-state index contributed by atoms with van der Waals surface area (Å²) in [6.07, 6.45) is 0.556. The van der Waals surface area contributed by atoms with E-state index in [2.05, 4.69) is 10.1 Å². The Labute approximate surface area is 161 Å². The summed E-state index contributed by atoms with van der Waals surface area (Å²) in [5.41, 5.74) is 1.12. The highest BCUT2D eigenvalue weighted by molar-refractivity contribution is 7.91. The van der Waals surface area contributed by atoms with Crippen LogP contribution in [-0.2, 0) is 27.8 Å². The van der Waals surface area contributed by atoms with Crippen LogP contribution in [0.2, 0.25) is 0 Å². The lowest BCUT2D eigenvalue weighted by molar-refractivity contribution is 0.122. The Morgan fingerprint density at radius 1 is 1.19 bits per heavy atom. The van der Waals surface area contributed by atoms with Crippen LogP contribution in [0.1, 0.15) is 23.2 Å². The Kier molecular flexibility index (Phi) is 5.35. The molecule has 1 aliphatic rings. The van der Waals surface area contributed by atoms with Crippen LogP contribution in [0.3, 0.4) is 0 Å². The molecule has 4 rings (SSSR count). The lowest BCUT2D eigenvalue weighted by Gasteiger charge is -2.35. The monoisotopic (exact) mass is 405 g/mol. The first-order chi connectivity index (χ1) is 13.1. The highest BCUT2D eigenvalue weighted by Gasteiger charge is 2.40. The van der Waals surface area contributed by atoms with Gasteiger partial charge in [-0.2, -0.15) is 9.29 Å². The van der Waals surface area contributed by atoms with Crippen molar-refractivity contribution in [2.45, 2.75) is 23.2 Å². The molecule has 9 heteroatoms. The van der Waals surface area contributed by atoms with Crippen molar-refractivity contribution in [1.82, 2.24) is 14.4 Å². The molecule has 3 heterocycles. The molecule has 1 fully saturated rings. The average Bonchev–Trinajstić information content (AvgIpc) is 3.31. The van der Waals surface area contributed by atoms with Crippen LogP contribution in [0.4, 0.5) is 0 Å². The minimum atomic E-state index is -3.39. The Balaban J connectivity index is 1.25. The lowest BCUT2D eigenvalue weighted by Crippen LogP contribution is -2.48. The van der Waals surface area contributed by atoms with E-state index in [1.54, 1.807) is 17.5 Å². The topological polar surface area (TPSA) is 85.5 Å². The second-order valence-electron chi connectivity index (χ2n) is 6.29. The third-order valence-corrected chi connectivity index (χ3v) is 7.56. The fraction of sp³-hybridized carbons (Fsp3) is 0.333. The number of aromatic nitrogens is 2. The van der Waals surface area contributed by atoms with Crippen LogP contribution in [0, 0.1) is 0 Å². The zero-order chi connectivity index (χ0) is 18.7. The molecule has 27 heavy (non-hydrogen) atoms. The van der Waals surface area contributed by atoms with Crippen molar-refractivity contribution in [3.63, 3.8) is 0 Å². The molecule has 0 unspecified atom stereocenters. The van der Waals surface area contributed by atoms with E-state index < -0.39 is 10.0 Å². The molecule has 3 aromatic rings. The Hall–Kier alpha value is -2.07. The summed E-state index contributed by atoms with van der Waals surface area (Å²) in [5.74, 6) is 1.02. The molecule has 142 valence electrons. The second kappa shape index (κ2) is 7.89. The van der Waals surface area contributed by atoms with Crippen molar-refractivity contribution < 1.29 is 17.7 Å². The van der Waals surface area contributed by atoms with E-state index in [4.69, 9.17) is 9.26 Å². The SMILES string of the molecule is O=S(=O)(c1cccs1)N1CC(c2nc(CCOCc3ccccc3)no2)C1. The molecule has 1 saturated heterocycles. The largest absolute Gasteiger partial charge is 0.376 e. The number of thiophene rings is 1. The van der Waals surface area contributed by atoms with E-state index in [1.165, 1.54) is 15.6 Å². The first-order valence-electron chi connectivity index (χ1n) is 8.61. The molecule has 0 amide bonds. The average molecular weight is 406 g/mol. The summed E-state index contributed by atoms with van der Waals surface area (Å²) < 4.78 is 37.5. The molecule has 0 aliphatic carbocycles. The minimum Gasteiger partial charge on any atom is -0.376 e. The van der Waals surface area contributed by atoms with Crippen molar-refractivity contribution >= 4 is 21.4 Å². The zero-order valence-electron chi connectivity index (χ0n) is 14.5. The molecule has 7 nitrogen and oxygen atoms in total. The summed E-state index contributed by atoms with van der Waals surface area (Å²) in [5, 5.41) is 5.73. The number of hydrogen-bond donors (Lipinski definition) is 0. The first-order valence-corrected chi connectivity index (χ1v) is 10.9. The van der Waals surface area contributed by atoms with Gasteiger partial charge in [-0.3, -0.25) is 0 Å². The Bertz CT molecular complexity index is 965. The second-order valence-corrected chi connectivity index (χ2v) is 9.40. The van der Waals surface area contributed by atoms with Crippen LogP contribution in [0.25, 0.3) is 0 Å². The molecule has 1 aliphatic heterocycles. The van der Waals surface area contributed by atoms with Crippen molar-refractivity contribution in [2.24, 2.45) is 0 Å². The van der Waals surface area contributed by atoms with Crippen molar-refractivity contribution in [2.75, 3.05) is 19.7 Å². The highest BCUT2D eigenvalue weighted by atomic mass is 32.2. The predicted octanol–water partition coefficient (Wildman–Crippen LogP) is 2.68. The summed E-state index contributed by atoms with van der Waals surface area (Å²) in [7, 11) is -3.39. The summed E-state index contributed by atoms with van der Waals surface area (Å²) >= 11 is 1.22. The van der Waals surface area contributed by atoms with Crippen molar-refractivity contribution in [1.29, 1.82) is 0 Å². The van der Waals surface area contributed by atoms with Crippen LogP contribution in [-0.4, -0.2) is 42.6 Å². The molecule has 2 aromatic heterocycles. The summed E-state index contributed by atoms with van der Waals surface area (Å²) in [6.45, 7) is 1.78. The van der Waals surface area contributed by atoms with Gasteiger partial charge < -0.3 is 9.26 Å². The molecule has 0 saturated carbocycles. The number of nitrogens with zero attached hydrogens (tertiary/aromatic N) is 3. The van der Waals surface area contributed by atoms with Gasteiger partial charge in [0.05, 0.1) is 19.1 Å². The molecule has 0 bridgehead atoms. The third-order valence-electron chi connectivity index (χ3n) is 4.35. The lowest BCUT2D eigenvalue weighted by atomic mass is 10.0. The summed E-state index contributed by atoms with van der Waals surface area (Å²) in [4.78, 5) is 4.38. The Morgan fingerprint density at radius 2 is 2.00 bits per heavy atom. The van der Waals surface area contributed by atoms with Crippen LogP contribution in [0.15, 0.2) is 56.6 Å². The van der Waals surface area contributed by atoms with Gasteiger partial charge in [0.1, 0.15) is 4.21 Å². The molecular formula is C18H19N3O4S2. The molecule has 0 radical (unpaired) electrons. The zero-order valence-corrected chi connectivity index (χ0v) is 16.2. The van der Waals surface area contributed by atoms with Gasteiger partial charge in [-0.15, -0.1) is 11.3 Å².